The van der Waals surface area contributed by atoms with Gasteiger partial charge < -0.3 is 11.1 Å². The van der Waals surface area contributed by atoms with E-state index in [1.807, 2.05) is 5.32 Å². The first-order valence-corrected chi connectivity index (χ1v) is 4.93. The molecule has 0 fully saturated rings. The lowest BCUT2D eigenvalue weighted by molar-refractivity contribution is -0.131. The summed E-state index contributed by atoms with van der Waals surface area (Å²) < 4.78 is 23.7. The molecule has 0 saturated heterocycles. The average Bonchev–Trinajstić information content (AvgIpc) is 2.35. The number of Topliss-reactive ketones (excluding diaryl/α,β-unsaturated/α-hetero) is 1. The fraction of sp³-hybridized carbons (Fsp3) is 0.273. The van der Waals surface area contributed by atoms with Crippen LogP contribution < -0.4 is 11.1 Å². The van der Waals surface area contributed by atoms with Crippen LogP contribution in [0.25, 0.3) is 0 Å². The number of hydrogen-bond acceptors (Lipinski definition) is 3. The highest BCUT2D eigenvalue weighted by molar-refractivity contribution is 6.00. The Morgan fingerprint density at radius 1 is 1.24 bits per heavy atom. The Balaban J connectivity index is 2.51. The van der Waals surface area contributed by atoms with Crippen molar-refractivity contribution >= 4 is 11.7 Å². The molecule has 6 heteroatoms. The number of amides is 1. The van der Waals surface area contributed by atoms with Gasteiger partial charge in [-0.05, 0) is 0 Å². The second-order valence-corrected chi connectivity index (χ2v) is 3.38. The fourth-order valence-corrected chi connectivity index (χ4v) is 1.20. The molecule has 0 saturated carbocycles. The third kappa shape index (κ3) is 3.92. The summed E-state index contributed by atoms with van der Waals surface area (Å²) in [6, 6.07) is 7.17. The molecule has 1 atom stereocenters. The average molecular weight is 242 g/mol. The van der Waals surface area contributed by atoms with Crippen molar-refractivity contribution in [3.8, 4) is 0 Å². The van der Waals surface area contributed by atoms with E-state index in [-0.39, 0.29) is 6.54 Å². The molecule has 0 aliphatic rings. The Hall–Kier alpha value is -1.82. The Morgan fingerprint density at radius 2 is 1.82 bits per heavy atom. The molecule has 92 valence electrons. The van der Waals surface area contributed by atoms with Crippen molar-refractivity contribution < 1.29 is 18.4 Å². The maximum atomic E-state index is 11.9. The number of halogens is 2. The second-order valence-electron chi connectivity index (χ2n) is 3.38. The van der Waals surface area contributed by atoms with Gasteiger partial charge in [-0.2, -0.15) is 8.78 Å². The quantitative estimate of drug-likeness (QED) is 0.742. The van der Waals surface area contributed by atoms with Crippen molar-refractivity contribution in [2.75, 3.05) is 6.54 Å². The molecule has 3 N–H and O–H groups in total. The zero-order valence-corrected chi connectivity index (χ0v) is 8.90. The minimum atomic E-state index is -3.10. The van der Waals surface area contributed by atoms with Crippen molar-refractivity contribution in [1.29, 1.82) is 0 Å². The lowest BCUT2D eigenvalue weighted by Crippen LogP contribution is -2.44. The Bertz CT molecular complexity index is 396. The van der Waals surface area contributed by atoms with Gasteiger partial charge in [-0.3, -0.25) is 9.59 Å². The molecule has 1 rings (SSSR count). The highest BCUT2D eigenvalue weighted by Gasteiger charge is 2.19. The summed E-state index contributed by atoms with van der Waals surface area (Å²) in [7, 11) is 0. The number of carbonyl (C=O) groups is 2. The van der Waals surface area contributed by atoms with Crippen LogP contribution in [0.3, 0.4) is 0 Å². The number of carbonyl (C=O) groups excluding carboxylic acids is 2. The van der Waals surface area contributed by atoms with Crippen molar-refractivity contribution in [3.05, 3.63) is 35.9 Å². The smallest absolute Gasteiger partial charge is 0.315 e. The number of ketones is 1. The first kappa shape index (κ1) is 13.2. The molecule has 1 unspecified atom stereocenters. The van der Waals surface area contributed by atoms with E-state index < -0.39 is 24.2 Å². The van der Waals surface area contributed by atoms with E-state index in [4.69, 9.17) is 5.73 Å². The second kappa shape index (κ2) is 6.05. The molecule has 0 aliphatic carbocycles. The van der Waals surface area contributed by atoms with Gasteiger partial charge in [-0.25, -0.2) is 0 Å². The maximum Gasteiger partial charge on any atom is 0.315 e. The minimum Gasteiger partial charge on any atom is -0.349 e. The summed E-state index contributed by atoms with van der Waals surface area (Å²) in [4.78, 5) is 22.2. The lowest BCUT2D eigenvalue weighted by Gasteiger charge is -2.11. The molecular weight excluding hydrogens is 230 g/mol. The predicted molar refractivity (Wildman–Crippen MR) is 57.8 cm³/mol. The van der Waals surface area contributed by atoms with Crippen LogP contribution in [-0.2, 0) is 4.79 Å². The van der Waals surface area contributed by atoms with Gasteiger partial charge in [0.2, 0.25) is 0 Å². The molecule has 0 radical (unpaired) electrons. The van der Waals surface area contributed by atoms with Gasteiger partial charge in [-0.15, -0.1) is 0 Å². The monoisotopic (exact) mass is 242 g/mol. The largest absolute Gasteiger partial charge is 0.349 e. The molecule has 4 nitrogen and oxygen atoms in total. The topological polar surface area (TPSA) is 72.2 Å². The minimum absolute atomic E-state index is 0.309. The van der Waals surface area contributed by atoms with Crippen LogP contribution in [0.2, 0.25) is 0 Å². The van der Waals surface area contributed by atoms with Crippen molar-refractivity contribution in [2.45, 2.75) is 12.5 Å². The first-order valence-electron chi connectivity index (χ1n) is 4.93. The molecule has 1 aromatic carbocycles. The molecule has 1 amide bonds. The number of rotatable bonds is 5. The Morgan fingerprint density at radius 3 is 2.35 bits per heavy atom. The SMILES string of the molecule is NC(CNC(=O)C(F)F)C(=O)c1ccccc1. The normalized spacial score (nSPS) is 12.2. The highest BCUT2D eigenvalue weighted by Crippen LogP contribution is 2.02. The molecule has 0 bridgehead atoms. The number of hydrogen-bond donors (Lipinski definition) is 2. The van der Waals surface area contributed by atoms with E-state index in [1.54, 1.807) is 30.3 Å². The van der Waals surface area contributed by atoms with Gasteiger partial charge in [0.25, 0.3) is 5.91 Å². The van der Waals surface area contributed by atoms with Gasteiger partial charge >= 0.3 is 6.43 Å². The fourth-order valence-electron chi connectivity index (χ4n) is 1.20. The molecule has 0 spiro atoms. The van der Waals surface area contributed by atoms with E-state index in [2.05, 4.69) is 0 Å². The van der Waals surface area contributed by atoms with Gasteiger partial charge in [0.05, 0.1) is 6.04 Å². The number of benzene rings is 1. The molecule has 0 aliphatic heterocycles. The zero-order valence-electron chi connectivity index (χ0n) is 8.90. The van der Waals surface area contributed by atoms with Crippen LogP contribution in [-0.4, -0.2) is 30.7 Å². The van der Waals surface area contributed by atoms with E-state index >= 15 is 0 Å². The maximum absolute atomic E-state index is 11.9. The van der Waals surface area contributed by atoms with E-state index in [0.717, 1.165) is 0 Å². The van der Waals surface area contributed by atoms with Gasteiger partial charge in [0.1, 0.15) is 0 Å². The van der Waals surface area contributed by atoms with Crippen LogP contribution in [0.5, 0.6) is 0 Å². The van der Waals surface area contributed by atoms with Crippen LogP contribution >= 0.6 is 0 Å². The van der Waals surface area contributed by atoms with Crippen molar-refractivity contribution in [1.82, 2.24) is 5.32 Å². The summed E-state index contributed by atoms with van der Waals surface area (Å²) in [5, 5.41) is 1.90. The third-order valence-corrected chi connectivity index (χ3v) is 2.09. The first-order chi connectivity index (χ1) is 8.02. The Kier molecular flexibility index (Phi) is 4.71. The molecule has 1 aromatic rings. The molecule has 17 heavy (non-hydrogen) atoms. The molecule has 0 heterocycles. The summed E-state index contributed by atoms with van der Waals surface area (Å²) in [5.41, 5.74) is 5.87. The lowest BCUT2D eigenvalue weighted by atomic mass is 10.1. The predicted octanol–water partition coefficient (Wildman–Crippen LogP) is 0.578. The van der Waals surface area contributed by atoms with Crippen molar-refractivity contribution in [2.24, 2.45) is 5.73 Å². The summed E-state index contributed by atoms with van der Waals surface area (Å²) in [5.74, 6) is -1.83. The standard InChI is InChI=1S/C11H12F2N2O2/c12-10(13)11(17)15-6-8(14)9(16)7-4-2-1-3-5-7/h1-5,8,10H,6,14H2,(H,15,17). The highest BCUT2D eigenvalue weighted by atomic mass is 19.3. The van der Waals surface area contributed by atoms with Gasteiger partial charge in [-0.1, -0.05) is 30.3 Å². The molecular formula is C11H12F2N2O2. The summed E-state index contributed by atoms with van der Waals surface area (Å²) in [6.45, 7) is -0.309. The molecule has 0 aromatic heterocycles. The summed E-state index contributed by atoms with van der Waals surface area (Å²) in [6.07, 6.45) is -3.10. The van der Waals surface area contributed by atoms with E-state index in [9.17, 15) is 18.4 Å². The Labute approximate surface area is 96.8 Å². The van der Waals surface area contributed by atoms with Crippen LogP contribution in [0.15, 0.2) is 30.3 Å². The van der Waals surface area contributed by atoms with Crippen LogP contribution in [0.1, 0.15) is 10.4 Å². The van der Waals surface area contributed by atoms with Crippen LogP contribution in [0.4, 0.5) is 8.78 Å². The number of nitrogens with two attached hydrogens (primary N) is 1. The summed E-state index contributed by atoms with van der Waals surface area (Å²) >= 11 is 0. The van der Waals surface area contributed by atoms with Crippen LogP contribution in [0, 0.1) is 0 Å². The van der Waals surface area contributed by atoms with Gasteiger partial charge in [0.15, 0.2) is 5.78 Å². The van der Waals surface area contributed by atoms with Gasteiger partial charge in [0, 0.05) is 12.1 Å². The number of alkyl halides is 2. The number of nitrogens with one attached hydrogen (secondary N) is 1. The third-order valence-electron chi connectivity index (χ3n) is 2.09. The van der Waals surface area contributed by atoms with E-state index in [0.29, 0.717) is 5.56 Å². The van der Waals surface area contributed by atoms with E-state index in [1.165, 1.54) is 0 Å². The zero-order chi connectivity index (χ0) is 12.8. The van der Waals surface area contributed by atoms with Crippen molar-refractivity contribution in [3.63, 3.8) is 0 Å².